The molecule has 0 aliphatic heterocycles. The topological polar surface area (TPSA) is 60.2 Å². The van der Waals surface area contributed by atoms with E-state index in [0.29, 0.717) is 33.7 Å². The molecule has 0 unspecified atom stereocenters. The Bertz CT molecular complexity index is 602. The molecule has 0 aliphatic rings. The zero-order valence-corrected chi connectivity index (χ0v) is 13.5. The first kappa shape index (κ1) is 16.1. The van der Waals surface area contributed by atoms with Gasteiger partial charge >= 0.3 is 0 Å². The molecule has 1 aromatic carbocycles. The van der Waals surface area contributed by atoms with Gasteiger partial charge in [-0.3, -0.25) is 0 Å². The molecule has 0 saturated heterocycles. The van der Waals surface area contributed by atoms with Crippen molar-refractivity contribution in [2.75, 3.05) is 6.54 Å². The minimum Gasteiger partial charge on any atom is -0.485 e. The first-order valence-corrected chi connectivity index (χ1v) is 7.47. The number of hydrogen-bond donors (Lipinski definition) is 1. The van der Waals surface area contributed by atoms with Crippen LogP contribution in [-0.2, 0) is 13.2 Å². The molecule has 1 N–H and O–H groups in total. The van der Waals surface area contributed by atoms with Crippen LogP contribution in [0.5, 0.6) is 5.75 Å². The lowest BCUT2D eigenvalue weighted by molar-refractivity contribution is 0.268. The number of nitrogens with zero attached hydrogens (tertiary/aromatic N) is 2. The van der Waals surface area contributed by atoms with E-state index in [9.17, 15) is 0 Å². The Labute approximate surface area is 133 Å². The highest BCUT2D eigenvalue weighted by atomic mass is 35.5. The summed E-state index contributed by atoms with van der Waals surface area (Å²) in [4.78, 5) is 0. The molecule has 114 valence electrons. The molecule has 1 aromatic heterocycles. The number of rotatable bonds is 7. The quantitative estimate of drug-likeness (QED) is 0.783. The number of nitrogens with one attached hydrogen (secondary N) is 1. The van der Waals surface area contributed by atoms with E-state index in [0.717, 1.165) is 18.5 Å². The van der Waals surface area contributed by atoms with Gasteiger partial charge in [-0.25, -0.2) is 4.63 Å². The third-order valence-corrected chi connectivity index (χ3v) is 3.43. The van der Waals surface area contributed by atoms with Gasteiger partial charge in [-0.1, -0.05) is 40.4 Å². The molecule has 0 aliphatic carbocycles. The van der Waals surface area contributed by atoms with Crippen molar-refractivity contribution in [2.24, 2.45) is 0 Å². The molecule has 0 amide bonds. The van der Waals surface area contributed by atoms with Crippen LogP contribution in [0.2, 0.25) is 10.0 Å². The van der Waals surface area contributed by atoms with Crippen LogP contribution in [0, 0.1) is 6.92 Å². The van der Waals surface area contributed by atoms with Crippen molar-refractivity contribution in [1.29, 1.82) is 0 Å². The molecule has 0 radical (unpaired) electrons. The van der Waals surface area contributed by atoms with Crippen molar-refractivity contribution < 1.29 is 9.37 Å². The molecule has 21 heavy (non-hydrogen) atoms. The molecule has 0 saturated carbocycles. The highest BCUT2D eigenvalue weighted by Gasteiger charge is 2.13. The van der Waals surface area contributed by atoms with Gasteiger partial charge in [0.1, 0.15) is 23.7 Å². The number of halogens is 2. The van der Waals surface area contributed by atoms with Crippen LogP contribution < -0.4 is 10.1 Å². The van der Waals surface area contributed by atoms with E-state index in [-0.39, 0.29) is 6.61 Å². The van der Waals surface area contributed by atoms with Crippen LogP contribution in [0.3, 0.4) is 0 Å². The lowest BCUT2D eigenvalue weighted by atomic mass is 10.2. The van der Waals surface area contributed by atoms with Crippen LogP contribution in [0.1, 0.15) is 30.3 Å². The van der Waals surface area contributed by atoms with Crippen LogP contribution in [0.25, 0.3) is 0 Å². The molecule has 0 spiro atoms. The van der Waals surface area contributed by atoms with E-state index in [1.54, 1.807) is 6.07 Å². The van der Waals surface area contributed by atoms with Gasteiger partial charge in [-0.2, -0.15) is 0 Å². The summed E-state index contributed by atoms with van der Waals surface area (Å²) in [5.74, 6) is 0.604. The van der Waals surface area contributed by atoms with Crippen molar-refractivity contribution in [1.82, 2.24) is 15.6 Å². The summed E-state index contributed by atoms with van der Waals surface area (Å²) in [6, 6.07) is 3.51. The number of benzene rings is 1. The number of aromatic nitrogens is 2. The van der Waals surface area contributed by atoms with E-state index >= 15 is 0 Å². The van der Waals surface area contributed by atoms with Gasteiger partial charge in [-0.15, -0.1) is 0 Å². The summed E-state index contributed by atoms with van der Waals surface area (Å²) < 4.78 is 10.4. The van der Waals surface area contributed by atoms with Crippen LogP contribution in [0.15, 0.2) is 16.8 Å². The fraction of sp³-hybridized carbons (Fsp3) is 0.429. The summed E-state index contributed by atoms with van der Waals surface area (Å²) in [5.41, 5.74) is 2.26. The molecule has 0 bridgehead atoms. The molecule has 2 aromatic rings. The average molecular weight is 330 g/mol. The smallest absolute Gasteiger partial charge is 0.145 e. The average Bonchev–Trinajstić information content (AvgIpc) is 2.83. The van der Waals surface area contributed by atoms with E-state index in [1.165, 1.54) is 0 Å². The van der Waals surface area contributed by atoms with Crippen molar-refractivity contribution in [3.05, 3.63) is 39.1 Å². The minimum atomic E-state index is 0.247. The van der Waals surface area contributed by atoms with Crippen LogP contribution in [0.4, 0.5) is 0 Å². The Morgan fingerprint density at radius 2 is 2.10 bits per heavy atom. The SMILES string of the molecule is CCCNCc1cc(Cl)cc(Cl)c1OCc1nonc1C. The first-order valence-electron chi connectivity index (χ1n) is 6.71. The van der Waals surface area contributed by atoms with Gasteiger partial charge in [0, 0.05) is 17.1 Å². The number of aryl methyl sites for hydroxylation is 1. The van der Waals surface area contributed by atoms with Gasteiger partial charge in [0.25, 0.3) is 0 Å². The molecule has 5 nitrogen and oxygen atoms in total. The molecule has 2 rings (SSSR count). The predicted octanol–water partition coefficient (Wildman–Crippen LogP) is 3.76. The van der Waals surface area contributed by atoms with Gasteiger partial charge in [0.15, 0.2) is 0 Å². The maximum atomic E-state index is 6.23. The second kappa shape index (κ2) is 7.64. The largest absolute Gasteiger partial charge is 0.485 e. The lowest BCUT2D eigenvalue weighted by Gasteiger charge is -2.13. The maximum Gasteiger partial charge on any atom is 0.145 e. The van der Waals surface area contributed by atoms with Crippen LogP contribution >= 0.6 is 23.2 Å². The molecular formula is C14H17Cl2N3O2. The monoisotopic (exact) mass is 329 g/mol. The molecule has 7 heteroatoms. The Morgan fingerprint density at radius 3 is 2.76 bits per heavy atom. The molecule has 1 heterocycles. The van der Waals surface area contributed by atoms with Crippen molar-refractivity contribution >= 4 is 23.2 Å². The highest BCUT2D eigenvalue weighted by molar-refractivity contribution is 6.35. The van der Waals surface area contributed by atoms with Crippen molar-refractivity contribution in [3.63, 3.8) is 0 Å². The van der Waals surface area contributed by atoms with Crippen molar-refractivity contribution in [2.45, 2.75) is 33.4 Å². The second-order valence-electron chi connectivity index (χ2n) is 4.64. The van der Waals surface area contributed by atoms with Crippen molar-refractivity contribution in [3.8, 4) is 5.75 Å². The van der Waals surface area contributed by atoms with Gasteiger partial charge in [0.05, 0.1) is 5.02 Å². The van der Waals surface area contributed by atoms with Gasteiger partial charge in [0.2, 0.25) is 0 Å². The second-order valence-corrected chi connectivity index (χ2v) is 5.48. The Hall–Kier alpha value is -1.30. The van der Waals surface area contributed by atoms with E-state index < -0.39 is 0 Å². The first-order chi connectivity index (χ1) is 10.1. The Kier molecular flexibility index (Phi) is 5.85. The minimum absolute atomic E-state index is 0.247. The summed E-state index contributed by atoms with van der Waals surface area (Å²) >= 11 is 12.3. The van der Waals surface area contributed by atoms with Gasteiger partial charge in [-0.05, 0) is 32.0 Å². The fourth-order valence-corrected chi connectivity index (χ4v) is 2.42. The third-order valence-electron chi connectivity index (χ3n) is 2.93. The molecule has 0 fully saturated rings. The molecular weight excluding hydrogens is 313 g/mol. The summed E-state index contributed by atoms with van der Waals surface area (Å²) in [7, 11) is 0. The predicted molar refractivity (Wildman–Crippen MR) is 81.8 cm³/mol. The third kappa shape index (κ3) is 4.33. The highest BCUT2D eigenvalue weighted by Crippen LogP contribution is 2.33. The summed E-state index contributed by atoms with van der Waals surface area (Å²) in [5, 5.41) is 11.9. The number of ether oxygens (including phenoxy) is 1. The summed E-state index contributed by atoms with van der Waals surface area (Å²) in [6.07, 6.45) is 1.05. The van der Waals surface area contributed by atoms with E-state index in [1.807, 2.05) is 13.0 Å². The van der Waals surface area contributed by atoms with E-state index in [2.05, 4.69) is 27.2 Å². The zero-order chi connectivity index (χ0) is 15.2. The fourth-order valence-electron chi connectivity index (χ4n) is 1.83. The lowest BCUT2D eigenvalue weighted by Crippen LogP contribution is -2.15. The Balaban J connectivity index is 2.14. The summed E-state index contributed by atoms with van der Waals surface area (Å²) in [6.45, 7) is 5.71. The standard InChI is InChI=1S/C14H17Cl2N3O2/c1-3-4-17-7-10-5-11(15)6-12(16)14(10)20-8-13-9(2)18-21-19-13/h5-6,17H,3-4,7-8H2,1-2H3. The van der Waals surface area contributed by atoms with E-state index in [4.69, 9.17) is 27.9 Å². The van der Waals surface area contributed by atoms with Gasteiger partial charge < -0.3 is 10.1 Å². The molecule has 0 atom stereocenters. The zero-order valence-electron chi connectivity index (χ0n) is 11.9. The van der Waals surface area contributed by atoms with Crippen LogP contribution in [-0.4, -0.2) is 16.9 Å². The Morgan fingerprint density at radius 1 is 1.29 bits per heavy atom. The number of hydrogen-bond acceptors (Lipinski definition) is 5. The normalized spacial score (nSPS) is 10.9. The maximum absolute atomic E-state index is 6.23.